The Bertz CT molecular complexity index is 789. The van der Waals surface area contributed by atoms with Crippen molar-refractivity contribution in [1.82, 2.24) is 14.5 Å². The fraction of sp³-hybridized carbons (Fsp3) is 0.294. The van der Waals surface area contributed by atoms with E-state index in [9.17, 15) is 4.21 Å². The SMILES string of the molecule is Cc1nc(C[S@@](=O)Cc2nccn2Cc2ccccc2)oc1C. The average molecular weight is 329 g/mol. The lowest BCUT2D eigenvalue weighted by atomic mass is 10.2. The van der Waals surface area contributed by atoms with Crippen LogP contribution in [0.25, 0.3) is 0 Å². The standard InChI is InChI=1S/C17H19N3O2S/c1-13-14(2)22-17(19-13)12-23(21)11-16-18-8-9-20(16)10-15-6-4-3-5-7-15/h3-9H,10-12H2,1-2H3/t23-/m0/s1. The van der Waals surface area contributed by atoms with E-state index in [1.54, 1.807) is 6.20 Å². The van der Waals surface area contributed by atoms with E-state index in [1.165, 1.54) is 5.56 Å². The first kappa shape index (κ1) is 15.7. The largest absolute Gasteiger partial charge is 0.445 e. The molecule has 0 aliphatic heterocycles. The summed E-state index contributed by atoms with van der Waals surface area (Å²) in [5, 5.41) is 0. The minimum absolute atomic E-state index is 0.312. The van der Waals surface area contributed by atoms with Crippen LogP contribution in [0.4, 0.5) is 0 Å². The molecule has 0 saturated carbocycles. The lowest BCUT2D eigenvalue weighted by Crippen LogP contribution is -2.08. The number of rotatable bonds is 6. The first-order valence-corrected chi connectivity index (χ1v) is 8.92. The van der Waals surface area contributed by atoms with Gasteiger partial charge < -0.3 is 8.98 Å². The van der Waals surface area contributed by atoms with Crippen LogP contribution in [-0.2, 0) is 28.9 Å². The molecular weight excluding hydrogens is 310 g/mol. The number of nitrogens with zero attached hydrogens (tertiary/aromatic N) is 3. The molecule has 3 aromatic rings. The molecule has 2 heterocycles. The number of hydrogen-bond acceptors (Lipinski definition) is 4. The van der Waals surface area contributed by atoms with Gasteiger partial charge in [-0.15, -0.1) is 0 Å². The van der Waals surface area contributed by atoms with E-state index in [-0.39, 0.29) is 0 Å². The number of benzene rings is 1. The minimum Gasteiger partial charge on any atom is -0.445 e. The molecule has 0 aliphatic rings. The van der Waals surface area contributed by atoms with E-state index in [0.717, 1.165) is 23.8 Å². The van der Waals surface area contributed by atoms with Crippen LogP contribution in [0.2, 0.25) is 0 Å². The van der Waals surface area contributed by atoms with E-state index in [2.05, 4.69) is 22.1 Å². The Kier molecular flexibility index (Phi) is 4.71. The highest BCUT2D eigenvalue weighted by molar-refractivity contribution is 7.83. The van der Waals surface area contributed by atoms with Crippen molar-refractivity contribution in [3.63, 3.8) is 0 Å². The van der Waals surface area contributed by atoms with E-state index in [1.807, 2.05) is 42.8 Å². The van der Waals surface area contributed by atoms with E-state index in [4.69, 9.17) is 4.42 Å². The molecule has 1 atom stereocenters. The topological polar surface area (TPSA) is 60.9 Å². The van der Waals surface area contributed by atoms with Crippen molar-refractivity contribution < 1.29 is 8.63 Å². The van der Waals surface area contributed by atoms with Crippen molar-refractivity contribution in [3.05, 3.63) is 71.5 Å². The van der Waals surface area contributed by atoms with Gasteiger partial charge in [0.15, 0.2) is 0 Å². The molecule has 0 N–H and O–H groups in total. The number of aromatic nitrogens is 3. The van der Waals surface area contributed by atoms with E-state index >= 15 is 0 Å². The first-order chi connectivity index (χ1) is 11.1. The third kappa shape index (κ3) is 3.96. The first-order valence-electron chi connectivity index (χ1n) is 7.43. The third-order valence-electron chi connectivity index (χ3n) is 3.64. The Labute approximate surface area is 137 Å². The van der Waals surface area contributed by atoms with Crippen molar-refractivity contribution in [1.29, 1.82) is 0 Å². The lowest BCUT2D eigenvalue weighted by Gasteiger charge is -2.07. The highest BCUT2D eigenvalue weighted by atomic mass is 32.2. The number of hydrogen-bond donors (Lipinski definition) is 0. The summed E-state index contributed by atoms with van der Waals surface area (Å²) in [4.78, 5) is 8.62. The summed E-state index contributed by atoms with van der Waals surface area (Å²) in [6, 6.07) is 10.2. The quantitative estimate of drug-likeness (QED) is 0.697. The average Bonchev–Trinajstić information content (AvgIpc) is 3.07. The van der Waals surface area contributed by atoms with Crippen molar-refractivity contribution in [2.24, 2.45) is 0 Å². The minimum atomic E-state index is -1.10. The van der Waals surface area contributed by atoms with Crippen molar-refractivity contribution >= 4 is 10.8 Å². The fourth-order valence-corrected chi connectivity index (χ4v) is 3.37. The van der Waals surface area contributed by atoms with E-state index in [0.29, 0.717) is 17.4 Å². The van der Waals surface area contributed by atoms with Gasteiger partial charge in [-0.1, -0.05) is 30.3 Å². The van der Waals surface area contributed by atoms with Crippen molar-refractivity contribution in [2.75, 3.05) is 0 Å². The predicted molar refractivity (Wildman–Crippen MR) is 89.3 cm³/mol. The second-order valence-electron chi connectivity index (χ2n) is 5.43. The van der Waals surface area contributed by atoms with Gasteiger partial charge in [-0.25, -0.2) is 9.97 Å². The summed E-state index contributed by atoms with van der Waals surface area (Å²) in [5.74, 6) is 2.82. The molecule has 0 saturated heterocycles. The Hall–Kier alpha value is -2.21. The zero-order valence-corrected chi connectivity index (χ0v) is 14.0. The molecule has 3 rings (SSSR count). The number of aryl methyl sites for hydroxylation is 2. The fourth-order valence-electron chi connectivity index (χ4n) is 2.34. The Morgan fingerprint density at radius 3 is 2.65 bits per heavy atom. The van der Waals surface area contributed by atoms with Crippen LogP contribution < -0.4 is 0 Å². The molecular formula is C17H19N3O2S. The van der Waals surface area contributed by atoms with Gasteiger partial charge in [-0.3, -0.25) is 4.21 Å². The predicted octanol–water partition coefficient (Wildman–Crippen LogP) is 2.99. The highest BCUT2D eigenvalue weighted by Crippen LogP contribution is 2.13. The molecule has 6 heteroatoms. The van der Waals surface area contributed by atoms with Gasteiger partial charge in [0.2, 0.25) is 5.89 Å². The van der Waals surface area contributed by atoms with Gasteiger partial charge in [0, 0.05) is 29.7 Å². The maximum absolute atomic E-state index is 12.4. The molecule has 0 fully saturated rings. The van der Waals surface area contributed by atoms with Crippen LogP contribution in [0.1, 0.15) is 28.7 Å². The molecule has 0 bridgehead atoms. The van der Waals surface area contributed by atoms with Crippen LogP contribution in [0.3, 0.4) is 0 Å². The molecule has 0 aliphatic carbocycles. The van der Waals surface area contributed by atoms with Crippen LogP contribution in [0, 0.1) is 13.8 Å². The molecule has 5 nitrogen and oxygen atoms in total. The number of oxazole rings is 1. The molecule has 0 amide bonds. The monoisotopic (exact) mass is 329 g/mol. The highest BCUT2D eigenvalue weighted by Gasteiger charge is 2.13. The summed E-state index contributed by atoms with van der Waals surface area (Å²) in [5.41, 5.74) is 2.04. The van der Waals surface area contributed by atoms with Crippen LogP contribution in [-0.4, -0.2) is 18.7 Å². The van der Waals surface area contributed by atoms with Gasteiger partial charge >= 0.3 is 0 Å². The Balaban J connectivity index is 1.66. The van der Waals surface area contributed by atoms with Gasteiger partial charge in [-0.05, 0) is 19.4 Å². The lowest BCUT2D eigenvalue weighted by molar-refractivity contribution is 0.487. The van der Waals surface area contributed by atoms with Gasteiger partial charge in [0.1, 0.15) is 17.3 Å². The van der Waals surface area contributed by atoms with Crippen molar-refractivity contribution in [2.45, 2.75) is 31.9 Å². The third-order valence-corrected chi connectivity index (χ3v) is 4.79. The molecule has 2 aromatic heterocycles. The second kappa shape index (κ2) is 6.91. The zero-order valence-electron chi connectivity index (χ0n) is 13.2. The Morgan fingerprint density at radius 2 is 1.96 bits per heavy atom. The summed E-state index contributed by atoms with van der Waals surface area (Å²) in [6.07, 6.45) is 3.66. The maximum atomic E-state index is 12.4. The van der Waals surface area contributed by atoms with Crippen molar-refractivity contribution in [3.8, 4) is 0 Å². The van der Waals surface area contributed by atoms with Gasteiger partial charge in [-0.2, -0.15) is 0 Å². The van der Waals surface area contributed by atoms with Crippen LogP contribution >= 0.6 is 0 Å². The van der Waals surface area contributed by atoms with Crippen LogP contribution in [0.5, 0.6) is 0 Å². The van der Waals surface area contributed by atoms with Crippen LogP contribution in [0.15, 0.2) is 47.1 Å². The zero-order chi connectivity index (χ0) is 16.2. The number of imidazole rings is 1. The molecule has 0 radical (unpaired) electrons. The summed E-state index contributed by atoms with van der Waals surface area (Å²) >= 11 is 0. The van der Waals surface area contributed by atoms with Gasteiger partial charge in [0.25, 0.3) is 0 Å². The molecule has 120 valence electrons. The smallest absolute Gasteiger partial charge is 0.207 e. The maximum Gasteiger partial charge on any atom is 0.207 e. The summed E-state index contributed by atoms with van der Waals surface area (Å²) in [7, 11) is -1.10. The molecule has 1 aromatic carbocycles. The summed E-state index contributed by atoms with van der Waals surface area (Å²) in [6.45, 7) is 4.48. The van der Waals surface area contributed by atoms with Gasteiger partial charge in [0.05, 0.1) is 11.4 Å². The normalized spacial score (nSPS) is 12.4. The summed E-state index contributed by atoms with van der Waals surface area (Å²) < 4.78 is 19.9. The second-order valence-corrected chi connectivity index (χ2v) is 6.89. The molecule has 0 unspecified atom stereocenters. The molecule has 0 spiro atoms. The van der Waals surface area contributed by atoms with E-state index < -0.39 is 10.8 Å². The molecule has 23 heavy (non-hydrogen) atoms. The Morgan fingerprint density at radius 1 is 1.17 bits per heavy atom.